The first-order valence-corrected chi connectivity index (χ1v) is 14.1. The molecule has 0 radical (unpaired) electrons. The van der Waals surface area contributed by atoms with Gasteiger partial charge in [-0.25, -0.2) is 4.98 Å². The lowest BCUT2D eigenvalue weighted by molar-refractivity contribution is -0.113. The number of carbonyl (C=O) groups excluding carboxylic acids is 2. The molecule has 3 heterocycles. The van der Waals surface area contributed by atoms with Crippen LogP contribution in [0.25, 0.3) is 22.5 Å². The highest BCUT2D eigenvalue weighted by atomic mass is 32.2. The number of thiophene rings is 1. The number of anilines is 1. The molecule has 0 unspecified atom stereocenters. The van der Waals surface area contributed by atoms with Gasteiger partial charge in [0.2, 0.25) is 5.91 Å². The van der Waals surface area contributed by atoms with E-state index in [1.165, 1.54) is 44.0 Å². The van der Waals surface area contributed by atoms with Crippen molar-refractivity contribution in [3.8, 4) is 22.5 Å². The van der Waals surface area contributed by atoms with Crippen molar-refractivity contribution < 1.29 is 9.59 Å². The molecule has 0 bridgehead atoms. The fraction of sp³-hybridized carbons (Fsp3) is 0.320. The Labute approximate surface area is 222 Å². The number of thiazole rings is 1. The van der Waals surface area contributed by atoms with Crippen LogP contribution in [0.1, 0.15) is 32.7 Å². The van der Waals surface area contributed by atoms with E-state index in [1.807, 2.05) is 11.5 Å². The smallest absolute Gasteiger partial charge is 0.265 e. The van der Waals surface area contributed by atoms with Gasteiger partial charge in [0, 0.05) is 42.0 Å². The SMILES string of the molecule is CCn1c(SCC(=O)Nc2nc(C)c(C(=O)N(C)C)s2)nnc1-c1csc(C)c1-c1ccc(C)cc1. The zero-order valence-corrected chi connectivity index (χ0v) is 23.5. The molecule has 188 valence electrons. The molecule has 36 heavy (non-hydrogen) atoms. The molecule has 0 fully saturated rings. The Balaban J connectivity index is 1.50. The molecule has 0 aliphatic heterocycles. The molecule has 8 nitrogen and oxygen atoms in total. The third-order valence-electron chi connectivity index (χ3n) is 5.56. The fourth-order valence-corrected chi connectivity index (χ4v) is 6.38. The maximum atomic E-state index is 12.6. The van der Waals surface area contributed by atoms with Gasteiger partial charge >= 0.3 is 0 Å². The number of benzene rings is 1. The van der Waals surface area contributed by atoms with Gasteiger partial charge in [0.05, 0.1) is 11.4 Å². The highest BCUT2D eigenvalue weighted by Crippen LogP contribution is 2.39. The largest absolute Gasteiger partial charge is 0.344 e. The third kappa shape index (κ3) is 5.37. The van der Waals surface area contributed by atoms with Gasteiger partial charge in [0.15, 0.2) is 16.1 Å². The zero-order chi connectivity index (χ0) is 26.0. The zero-order valence-electron chi connectivity index (χ0n) is 21.1. The first-order valence-electron chi connectivity index (χ1n) is 11.4. The topological polar surface area (TPSA) is 93.0 Å². The number of nitrogens with one attached hydrogen (secondary N) is 1. The maximum absolute atomic E-state index is 12.6. The second-order valence-electron chi connectivity index (χ2n) is 8.47. The molecule has 1 N–H and O–H groups in total. The number of nitrogens with zero attached hydrogens (tertiary/aromatic N) is 5. The molecule has 11 heteroatoms. The minimum atomic E-state index is -0.212. The van der Waals surface area contributed by atoms with Crippen LogP contribution in [0.2, 0.25) is 0 Å². The molecule has 1 aromatic carbocycles. The number of hydrogen-bond acceptors (Lipinski definition) is 8. The van der Waals surface area contributed by atoms with E-state index in [9.17, 15) is 9.59 Å². The van der Waals surface area contributed by atoms with Crippen LogP contribution in [-0.2, 0) is 11.3 Å². The van der Waals surface area contributed by atoms with Crippen LogP contribution in [0, 0.1) is 20.8 Å². The van der Waals surface area contributed by atoms with Gasteiger partial charge < -0.3 is 14.8 Å². The van der Waals surface area contributed by atoms with E-state index < -0.39 is 0 Å². The highest BCUT2D eigenvalue weighted by molar-refractivity contribution is 7.99. The minimum absolute atomic E-state index is 0.128. The molecule has 4 rings (SSSR count). The molecule has 0 saturated carbocycles. The number of hydrogen-bond donors (Lipinski definition) is 1. The predicted molar refractivity (Wildman–Crippen MR) is 148 cm³/mol. The number of amides is 2. The first kappa shape index (κ1) is 26.1. The van der Waals surface area contributed by atoms with Crippen molar-refractivity contribution >= 4 is 51.4 Å². The van der Waals surface area contributed by atoms with Crippen molar-refractivity contribution in [1.29, 1.82) is 0 Å². The van der Waals surface area contributed by atoms with Gasteiger partial charge in [-0.15, -0.1) is 21.5 Å². The summed E-state index contributed by atoms with van der Waals surface area (Å²) in [5.41, 5.74) is 5.18. The van der Waals surface area contributed by atoms with Crippen molar-refractivity contribution in [1.82, 2.24) is 24.6 Å². The van der Waals surface area contributed by atoms with Gasteiger partial charge in [0.25, 0.3) is 5.91 Å². The van der Waals surface area contributed by atoms with E-state index in [2.05, 4.69) is 64.0 Å². The van der Waals surface area contributed by atoms with Crippen LogP contribution < -0.4 is 5.32 Å². The Morgan fingerprint density at radius 1 is 1.11 bits per heavy atom. The molecule has 0 atom stereocenters. The van der Waals surface area contributed by atoms with Gasteiger partial charge in [-0.2, -0.15) is 0 Å². The molecule has 0 aliphatic carbocycles. The Morgan fingerprint density at radius 2 is 1.83 bits per heavy atom. The summed E-state index contributed by atoms with van der Waals surface area (Å²) in [5.74, 6) is 0.609. The van der Waals surface area contributed by atoms with Crippen LogP contribution >= 0.6 is 34.4 Å². The predicted octanol–water partition coefficient (Wildman–Crippen LogP) is 5.51. The van der Waals surface area contributed by atoms with E-state index in [1.54, 1.807) is 32.4 Å². The molecular weight excluding hydrogens is 513 g/mol. The summed E-state index contributed by atoms with van der Waals surface area (Å²) in [5, 5.41) is 14.9. The quantitative estimate of drug-likeness (QED) is 0.296. The van der Waals surface area contributed by atoms with E-state index in [-0.39, 0.29) is 17.6 Å². The monoisotopic (exact) mass is 540 g/mol. The van der Waals surface area contributed by atoms with Crippen molar-refractivity contribution in [2.75, 3.05) is 25.2 Å². The average molecular weight is 541 g/mol. The fourth-order valence-electron chi connectivity index (χ4n) is 3.71. The number of aryl methyl sites for hydroxylation is 3. The lowest BCUT2D eigenvalue weighted by atomic mass is 10.0. The molecular formula is C25H28N6O2S3. The summed E-state index contributed by atoms with van der Waals surface area (Å²) in [4.78, 5) is 32.5. The van der Waals surface area contributed by atoms with Gasteiger partial charge in [-0.3, -0.25) is 9.59 Å². The number of carbonyl (C=O) groups is 2. The van der Waals surface area contributed by atoms with E-state index in [0.29, 0.717) is 27.4 Å². The second-order valence-corrected chi connectivity index (χ2v) is 11.5. The Bertz CT molecular complexity index is 1400. The third-order valence-corrected chi connectivity index (χ3v) is 8.50. The lowest BCUT2D eigenvalue weighted by Crippen LogP contribution is -2.21. The van der Waals surface area contributed by atoms with Crippen molar-refractivity contribution in [2.24, 2.45) is 0 Å². The normalized spacial score (nSPS) is 11.1. The summed E-state index contributed by atoms with van der Waals surface area (Å²) >= 11 is 4.21. The summed E-state index contributed by atoms with van der Waals surface area (Å²) < 4.78 is 2.04. The molecule has 3 aromatic heterocycles. The summed E-state index contributed by atoms with van der Waals surface area (Å²) in [6, 6.07) is 8.50. The standard InChI is InChI=1S/C25H28N6O2S3/c1-7-31-22(18-12-34-16(4)20(18)17-10-8-14(2)9-11-17)28-29-25(31)35-13-19(32)27-24-26-15(3)21(36-24)23(33)30(5)6/h8-12H,7,13H2,1-6H3,(H,26,27,32). The average Bonchev–Trinajstić information content (AvgIpc) is 3.53. The molecule has 2 amide bonds. The Hall–Kier alpha value is -3.02. The summed E-state index contributed by atoms with van der Waals surface area (Å²) in [6.07, 6.45) is 0. The molecule has 0 aliphatic rings. The van der Waals surface area contributed by atoms with Crippen LogP contribution in [0.15, 0.2) is 34.8 Å². The maximum Gasteiger partial charge on any atom is 0.265 e. The first-order chi connectivity index (χ1) is 17.2. The van der Waals surface area contributed by atoms with Crippen LogP contribution in [0.4, 0.5) is 5.13 Å². The Morgan fingerprint density at radius 3 is 2.50 bits per heavy atom. The van der Waals surface area contributed by atoms with Gasteiger partial charge in [0.1, 0.15) is 4.88 Å². The van der Waals surface area contributed by atoms with Crippen LogP contribution in [-0.4, -0.2) is 56.3 Å². The summed E-state index contributed by atoms with van der Waals surface area (Å²) in [6.45, 7) is 8.68. The van der Waals surface area contributed by atoms with Gasteiger partial charge in [-0.1, -0.05) is 52.9 Å². The number of aromatic nitrogens is 4. The van der Waals surface area contributed by atoms with Crippen molar-refractivity contribution in [2.45, 2.75) is 39.4 Å². The minimum Gasteiger partial charge on any atom is -0.344 e. The van der Waals surface area contributed by atoms with Crippen LogP contribution in [0.3, 0.4) is 0 Å². The second kappa shape index (κ2) is 10.9. The molecule has 0 spiro atoms. The van der Waals surface area contributed by atoms with Crippen LogP contribution in [0.5, 0.6) is 0 Å². The number of thioether (sulfide) groups is 1. The van der Waals surface area contributed by atoms with Gasteiger partial charge in [-0.05, 0) is 33.3 Å². The van der Waals surface area contributed by atoms with E-state index >= 15 is 0 Å². The van der Waals surface area contributed by atoms with Crippen molar-refractivity contribution in [3.63, 3.8) is 0 Å². The van der Waals surface area contributed by atoms with E-state index in [0.717, 1.165) is 17.0 Å². The molecule has 4 aromatic rings. The van der Waals surface area contributed by atoms with Crippen molar-refractivity contribution in [3.05, 3.63) is 50.7 Å². The highest BCUT2D eigenvalue weighted by Gasteiger charge is 2.21. The molecule has 0 saturated heterocycles. The summed E-state index contributed by atoms with van der Waals surface area (Å²) in [7, 11) is 3.38. The number of rotatable bonds is 8. The van der Waals surface area contributed by atoms with E-state index in [4.69, 9.17) is 0 Å². The Kier molecular flexibility index (Phi) is 7.91. The lowest BCUT2D eigenvalue weighted by Gasteiger charge is -2.09.